The van der Waals surface area contributed by atoms with Crippen LogP contribution in [0.3, 0.4) is 0 Å². The van der Waals surface area contributed by atoms with Crippen LogP contribution >= 0.6 is 0 Å². The molecule has 0 amide bonds. The Morgan fingerprint density at radius 2 is 2.14 bits per heavy atom. The van der Waals surface area contributed by atoms with Gasteiger partial charge < -0.3 is 15.8 Å². The maximum atomic E-state index is 5.92. The molecule has 1 fully saturated rings. The predicted octanol–water partition coefficient (Wildman–Crippen LogP) is 3.20. The molecule has 1 saturated carbocycles. The first-order valence-corrected chi connectivity index (χ1v) is 9.29. The van der Waals surface area contributed by atoms with Gasteiger partial charge in [0.15, 0.2) is 5.82 Å². The molecule has 1 aliphatic carbocycles. The molecule has 3 aromatic heterocycles. The molecule has 4 N–H and O–H groups in total. The molecule has 0 saturated heterocycles. The highest BCUT2D eigenvalue weighted by Gasteiger charge is 2.26. The van der Waals surface area contributed by atoms with Crippen molar-refractivity contribution in [3.8, 4) is 17.0 Å². The van der Waals surface area contributed by atoms with Crippen molar-refractivity contribution in [2.75, 3.05) is 18.2 Å². The number of nitrogens with one attached hydrogen (secondary N) is 2. The molecule has 142 valence electrons. The number of nitrogen functional groups attached to an aromatic ring is 1. The highest BCUT2D eigenvalue weighted by molar-refractivity contribution is 5.87. The number of methoxy groups -OCH3 is 1. The van der Waals surface area contributed by atoms with Gasteiger partial charge in [0.05, 0.1) is 12.8 Å². The molecule has 0 unspecified atom stereocenters. The van der Waals surface area contributed by atoms with E-state index in [0.29, 0.717) is 18.3 Å². The number of H-pyrrole nitrogens is 1. The summed E-state index contributed by atoms with van der Waals surface area (Å²) in [4.78, 5) is 4.44. The topological polar surface area (TPSA) is 106 Å². The summed E-state index contributed by atoms with van der Waals surface area (Å²) in [6.07, 6.45) is 4.33. The van der Waals surface area contributed by atoms with Crippen LogP contribution in [0, 0.1) is 0 Å². The van der Waals surface area contributed by atoms with Crippen molar-refractivity contribution < 1.29 is 4.74 Å². The fourth-order valence-electron chi connectivity index (χ4n) is 3.48. The van der Waals surface area contributed by atoms with E-state index >= 15 is 0 Å². The van der Waals surface area contributed by atoms with E-state index in [1.807, 2.05) is 36.5 Å². The SMILES string of the molecule is COc1ccccc1CNc1nc(N)nn2ccc(-c3cc(C4CC4)[nH]n3)c12. The molecule has 1 aliphatic rings. The number of anilines is 2. The molecule has 0 radical (unpaired) electrons. The van der Waals surface area contributed by atoms with Crippen LogP contribution in [0.5, 0.6) is 5.75 Å². The first kappa shape index (κ1) is 16.6. The van der Waals surface area contributed by atoms with Crippen molar-refractivity contribution in [2.45, 2.75) is 25.3 Å². The van der Waals surface area contributed by atoms with Gasteiger partial charge in [0.25, 0.3) is 0 Å². The molecule has 0 atom stereocenters. The normalized spacial score (nSPS) is 13.8. The van der Waals surface area contributed by atoms with Gasteiger partial charge in [-0.1, -0.05) is 18.2 Å². The van der Waals surface area contributed by atoms with Crippen LogP contribution in [0.15, 0.2) is 42.6 Å². The van der Waals surface area contributed by atoms with Gasteiger partial charge in [0, 0.05) is 35.5 Å². The Labute approximate surface area is 161 Å². The summed E-state index contributed by atoms with van der Waals surface area (Å²) >= 11 is 0. The molecule has 0 bridgehead atoms. The number of nitrogens with zero attached hydrogens (tertiary/aromatic N) is 4. The number of para-hydroxylation sites is 1. The van der Waals surface area contributed by atoms with Gasteiger partial charge in [0.1, 0.15) is 11.3 Å². The third-order valence-electron chi connectivity index (χ3n) is 5.06. The molecule has 1 aromatic carbocycles. The number of fused-ring (bicyclic) bond motifs is 1. The number of aromatic amines is 1. The largest absolute Gasteiger partial charge is 0.496 e. The van der Waals surface area contributed by atoms with Crippen LogP contribution in [0.2, 0.25) is 0 Å². The quantitative estimate of drug-likeness (QED) is 0.478. The zero-order chi connectivity index (χ0) is 19.1. The summed E-state index contributed by atoms with van der Waals surface area (Å²) in [6.45, 7) is 0.550. The first-order chi connectivity index (χ1) is 13.7. The summed E-state index contributed by atoms with van der Waals surface area (Å²) in [5.41, 5.74) is 10.8. The van der Waals surface area contributed by atoms with Crippen molar-refractivity contribution in [1.82, 2.24) is 24.8 Å². The lowest BCUT2D eigenvalue weighted by molar-refractivity contribution is 0.410. The third kappa shape index (κ3) is 2.92. The van der Waals surface area contributed by atoms with E-state index < -0.39 is 0 Å². The van der Waals surface area contributed by atoms with Crippen LogP contribution in [0.1, 0.15) is 30.0 Å². The highest BCUT2D eigenvalue weighted by Crippen LogP contribution is 2.40. The molecule has 0 spiro atoms. The smallest absolute Gasteiger partial charge is 0.240 e. The zero-order valence-electron chi connectivity index (χ0n) is 15.5. The minimum Gasteiger partial charge on any atom is -0.496 e. The fourth-order valence-corrected chi connectivity index (χ4v) is 3.48. The Morgan fingerprint density at radius 1 is 1.29 bits per heavy atom. The summed E-state index contributed by atoms with van der Waals surface area (Å²) in [5, 5.41) is 15.4. The molecular formula is C20H21N7O. The summed E-state index contributed by atoms with van der Waals surface area (Å²) in [6, 6.07) is 12.0. The molecule has 8 nitrogen and oxygen atoms in total. The van der Waals surface area contributed by atoms with Crippen LogP contribution in [-0.4, -0.2) is 31.9 Å². The van der Waals surface area contributed by atoms with Gasteiger partial charge in [-0.2, -0.15) is 10.1 Å². The summed E-state index contributed by atoms with van der Waals surface area (Å²) in [7, 11) is 1.67. The Morgan fingerprint density at radius 3 is 2.96 bits per heavy atom. The Kier molecular flexibility index (Phi) is 3.89. The maximum Gasteiger partial charge on any atom is 0.240 e. The van der Waals surface area contributed by atoms with Crippen molar-refractivity contribution in [3.63, 3.8) is 0 Å². The second kappa shape index (κ2) is 6.56. The Hall–Kier alpha value is -3.55. The van der Waals surface area contributed by atoms with E-state index in [1.54, 1.807) is 11.6 Å². The van der Waals surface area contributed by atoms with Gasteiger partial charge in [-0.05, 0) is 31.0 Å². The second-order valence-electron chi connectivity index (χ2n) is 6.99. The number of benzene rings is 1. The molecule has 28 heavy (non-hydrogen) atoms. The van der Waals surface area contributed by atoms with Crippen LogP contribution in [0.4, 0.5) is 11.8 Å². The molecule has 0 aliphatic heterocycles. The molecule has 4 aromatic rings. The zero-order valence-corrected chi connectivity index (χ0v) is 15.5. The van der Waals surface area contributed by atoms with E-state index in [-0.39, 0.29) is 5.95 Å². The number of hydrogen-bond acceptors (Lipinski definition) is 6. The van der Waals surface area contributed by atoms with E-state index in [4.69, 9.17) is 10.5 Å². The second-order valence-corrected chi connectivity index (χ2v) is 6.99. The minimum atomic E-state index is 0.206. The van der Waals surface area contributed by atoms with Gasteiger partial charge in [0.2, 0.25) is 5.95 Å². The minimum absolute atomic E-state index is 0.206. The number of ether oxygens (including phenoxy) is 1. The monoisotopic (exact) mass is 375 g/mol. The van der Waals surface area contributed by atoms with Crippen molar-refractivity contribution in [1.29, 1.82) is 0 Å². The maximum absolute atomic E-state index is 5.92. The predicted molar refractivity (Wildman–Crippen MR) is 107 cm³/mol. The van der Waals surface area contributed by atoms with Gasteiger partial charge in [-0.15, -0.1) is 5.10 Å². The molecule has 3 heterocycles. The fraction of sp³-hybridized carbons (Fsp3) is 0.250. The molecule has 8 heteroatoms. The average Bonchev–Trinajstić information content (AvgIpc) is 3.29. The van der Waals surface area contributed by atoms with Crippen molar-refractivity contribution >= 4 is 17.3 Å². The van der Waals surface area contributed by atoms with Crippen molar-refractivity contribution in [2.24, 2.45) is 0 Å². The highest BCUT2D eigenvalue weighted by atomic mass is 16.5. The van der Waals surface area contributed by atoms with Gasteiger partial charge in [-0.25, -0.2) is 4.52 Å². The average molecular weight is 375 g/mol. The standard InChI is InChI=1S/C20H21N7O/c1-28-17-5-3-2-4-13(17)11-22-19-18-14(8-9-27(18)26-20(21)23-19)16-10-15(24-25-16)12-6-7-12/h2-5,8-10,12H,6-7,11H2,1H3,(H,24,25)(H3,21,22,23,26). The van der Waals surface area contributed by atoms with E-state index in [0.717, 1.165) is 28.1 Å². The van der Waals surface area contributed by atoms with Gasteiger partial charge in [-0.3, -0.25) is 5.10 Å². The lowest BCUT2D eigenvalue weighted by atomic mass is 10.1. The first-order valence-electron chi connectivity index (χ1n) is 9.29. The Balaban J connectivity index is 1.53. The summed E-state index contributed by atoms with van der Waals surface area (Å²) < 4.78 is 7.18. The van der Waals surface area contributed by atoms with Crippen LogP contribution < -0.4 is 15.8 Å². The third-order valence-corrected chi connectivity index (χ3v) is 5.06. The van der Waals surface area contributed by atoms with E-state index in [2.05, 4.69) is 31.7 Å². The van der Waals surface area contributed by atoms with Crippen LogP contribution in [-0.2, 0) is 6.54 Å². The van der Waals surface area contributed by atoms with Gasteiger partial charge >= 0.3 is 0 Å². The number of rotatable bonds is 6. The lowest BCUT2D eigenvalue weighted by Gasteiger charge is -2.12. The van der Waals surface area contributed by atoms with Crippen molar-refractivity contribution in [3.05, 3.63) is 53.9 Å². The number of aromatic nitrogens is 5. The molecular weight excluding hydrogens is 354 g/mol. The molecule has 5 rings (SSSR count). The van der Waals surface area contributed by atoms with E-state index in [1.165, 1.54) is 18.5 Å². The summed E-state index contributed by atoms with van der Waals surface area (Å²) in [5.74, 6) is 2.31. The van der Waals surface area contributed by atoms with Crippen LogP contribution in [0.25, 0.3) is 16.8 Å². The lowest BCUT2D eigenvalue weighted by Crippen LogP contribution is -2.09. The number of nitrogens with two attached hydrogens (primary N) is 1. The Bertz CT molecular complexity index is 1140. The number of hydrogen-bond donors (Lipinski definition) is 3. The van der Waals surface area contributed by atoms with E-state index in [9.17, 15) is 0 Å².